The van der Waals surface area contributed by atoms with E-state index in [1.807, 2.05) is 60.9 Å². The van der Waals surface area contributed by atoms with Gasteiger partial charge in [0.15, 0.2) is 0 Å². The number of nitrogens with one attached hydrogen (secondary N) is 4. The van der Waals surface area contributed by atoms with Crippen molar-refractivity contribution < 1.29 is 29.6 Å². The third-order valence-electron chi connectivity index (χ3n) is 7.66. The molecule has 2 heterocycles. The van der Waals surface area contributed by atoms with Gasteiger partial charge < -0.3 is 30.8 Å². The fraction of sp³-hybridized carbons (Fsp3) is 0.118. The number of carboxylic acid groups (broad SMARTS) is 2. The second-order valence-corrected chi connectivity index (χ2v) is 10.7. The lowest BCUT2D eigenvalue weighted by atomic mass is 10.1. The van der Waals surface area contributed by atoms with E-state index in [9.17, 15) is 34.9 Å². The van der Waals surface area contributed by atoms with Crippen LogP contribution in [0.5, 0.6) is 0 Å². The van der Waals surface area contributed by atoms with Gasteiger partial charge in [-0.1, -0.05) is 36.4 Å². The highest BCUT2D eigenvalue weighted by atomic mass is 16.6. The van der Waals surface area contributed by atoms with Crippen LogP contribution in [0.4, 0.5) is 22.7 Å². The topological polar surface area (TPSA) is 217 Å². The molecule has 2 aromatic heterocycles. The maximum atomic E-state index is 11.3. The molecule has 6 rings (SSSR count). The van der Waals surface area contributed by atoms with Gasteiger partial charge in [0.2, 0.25) is 0 Å². The van der Waals surface area contributed by atoms with E-state index < -0.39 is 21.8 Å². The van der Waals surface area contributed by atoms with Crippen LogP contribution < -0.4 is 10.6 Å². The van der Waals surface area contributed by atoms with Crippen molar-refractivity contribution in [3.63, 3.8) is 0 Å². The first kappa shape index (κ1) is 32.7. The van der Waals surface area contributed by atoms with Crippen molar-refractivity contribution in [3.8, 4) is 0 Å². The number of para-hydroxylation sites is 2. The molecule has 0 bridgehead atoms. The normalized spacial score (nSPS) is 10.7. The average Bonchev–Trinajstić information content (AvgIpc) is 3.69. The first-order valence-corrected chi connectivity index (χ1v) is 14.7. The first-order chi connectivity index (χ1) is 23.1. The van der Waals surface area contributed by atoms with Crippen LogP contribution in [0.25, 0.3) is 21.8 Å². The van der Waals surface area contributed by atoms with Crippen molar-refractivity contribution in [2.45, 2.75) is 12.8 Å². The summed E-state index contributed by atoms with van der Waals surface area (Å²) in [6.45, 7) is 1.01. The zero-order valence-corrected chi connectivity index (χ0v) is 25.3. The Morgan fingerprint density at radius 2 is 1.21 bits per heavy atom. The Kier molecular flexibility index (Phi) is 9.94. The van der Waals surface area contributed by atoms with Crippen LogP contribution in [0.1, 0.15) is 31.8 Å². The minimum absolute atomic E-state index is 0.108. The smallest absolute Gasteiger partial charge is 0.338 e. The molecule has 48 heavy (non-hydrogen) atoms. The molecule has 6 N–H and O–H groups in total. The lowest BCUT2D eigenvalue weighted by Gasteiger charge is -2.09. The molecule has 0 aliphatic carbocycles. The van der Waals surface area contributed by atoms with E-state index in [2.05, 4.69) is 20.6 Å². The first-order valence-electron chi connectivity index (χ1n) is 14.7. The number of aromatic carboxylic acids is 2. The summed E-state index contributed by atoms with van der Waals surface area (Å²) < 4.78 is 0. The van der Waals surface area contributed by atoms with Crippen molar-refractivity contribution in [3.05, 3.63) is 140 Å². The summed E-state index contributed by atoms with van der Waals surface area (Å²) in [5.41, 5.74) is 4.31. The molecule has 0 aliphatic heterocycles. The Hall–Kier alpha value is -6.70. The molecule has 0 radical (unpaired) electrons. The van der Waals surface area contributed by atoms with Gasteiger partial charge in [-0.15, -0.1) is 0 Å². The lowest BCUT2D eigenvalue weighted by Crippen LogP contribution is -2.10. The van der Waals surface area contributed by atoms with Crippen LogP contribution in [0.2, 0.25) is 0 Å². The van der Waals surface area contributed by atoms with Gasteiger partial charge in [-0.2, -0.15) is 0 Å². The van der Waals surface area contributed by atoms with Gasteiger partial charge in [0, 0.05) is 71.2 Å². The zero-order valence-electron chi connectivity index (χ0n) is 25.3. The van der Waals surface area contributed by atoms with E-state index in [-0.39, 0.29) is 22.5 Å². The molecule has 0 fully saturated rings. The van der Waals surface area contributed by atoms with E-state index in [0.717, 1.165) is 45.1 Å². The largest absolute Gasteiger partial charge is 0.478 e. The molecule has 6 aromatic rings. The highest BCUT2D eigenvalue weighted by molar-refractivity contribution is 5.95. The standard InChI is InChI=1S/2C17H15N3O4/c21-17(22)14-9-12(20(23)24)5-6-16(14)18-8-7-11-10-19-15-4-2-1-3-13(11)15;21-17(22)11-5-6-15(16(9-11)20(23)24)18-8-7-12-10-19-14-4-2-1-3-13(12)14/h2*1-6,9-10,18-19H,7-8H2,(H,21,22). The van der Waals surface area contributed by atoms with Gasteiger partial charge in [0.1, 0.15) is 5.69 Å². The number of rotatable bonds is 12. The monoisotopic (exact) mass is 650 g/mol. The molecule has 0 atom stereocenters. The number of fused-ring (bicyclic) bond motifs is 2. The number of H-pyrrole nitrogens is 2. The second-order valence-electron chi connectivity index (χ2n) is 10.7. The number of nitro benzene ring substituents is 2. The minimum Gasteiger partial charge on any atom is -0.478 e. The average molecular weight is 651 g/mol. The summed E-state index contributed by atoms with van der Waals surface area (Å²) in [4.78, 5) is 49.3. The Morgan fingerprint density at radius 3 is 1.73 bits per heavy atom. The van der Waals surface area contributed by atoms with E-state index in [4.69, 9.17) is 5.11 Å². The highest BCUT2D eigenvalue weighted by Crippen LogP contribution is 2.27. The molecule has 244 valence electrons. The molecule has 0 amide bonds. The number of nitro groups is 2. The van der Waals surface area contributed by atoms with Crippen molar-refractivity contribution in [2.75, 3.05) is 23.7 Å². The molecule has 0 saturated heterocycles. The van der Waals surface area contributed by atoms with Crippen LogP contribution >= 0.6 is 0 Å². The number of hydrogen-bond donors (Lipinski definition) is 6. The van der Waals surface area contributed by atoms with Gasteiger partial charge in [-0.3, -0.25) is 20.2 Å². The van der Waals surface area contributed by atoms with E-state index in [0.29, 0.717) is 37.3 Å². The van der Waals surface area contributed by atoms with Crippen molar-refractivity contribution in [1.29, 1.82) is 0 Å². The highest BCUT2D eigenvalue weighted by Gasteiger charge is 2.18. The van der Waals surface area contributed by atoms with Crippen molar-refractivity contribution in [2.24, 2.45) is 0 Å². The Morgan fingerprint density at radius 1 is 0.667 bits per heavy atom. The summed E-state index contributed by atoms with van der Waals surface area (Å²) in [5.74, 6) is -2.39. The SMILES string of the molecule is O=C(O)c1cc([N+](=O)[O-])ccc1NCCc1c[nH]c2ccccc12.O=C(O)c1ccc(NCCc2c[nH]c3ccccc23)c([N+](=O)[O-])c1. The van der Waals surface area contributed by atoms with Gasteiger partial charge in [0.05, 0.1) is 21.0 Å². The third-order valence-corrected chi connectivity index (χ3v) is 7.66. The van der Waals surface area contributed by atoms with E-state index in [1.54, 1.807) is 0 Å². The maximum absolute atomic E-state index is 11.3. The number of anilines is 2. The molecule has 4 aromatic carbocycles. The number of aromatic amines is 2. The number of carbonyl (C=O) groups is 2. The summed E-state index contributed by atoms with van der Waals surface area (Å²) in [7, 11) is 0. The predicted octanol–water partition coefficient (Wildman–Crippen LogP) is 6.86. The number of nitrogens with zero attached hydrogens (tertiary/aromatic N) is 2. The quantitative estimate of drug-likeness (QED) is 0.0597. The van der Waals surface area contributed by atoms with Crippen LogP contribution in [-0.4, -0.2) is 55.1 Å². The number of hydrogen-bond acceptors (Lipinski definition) is 8. The van der Waals surface area contributed by atoms with Crippen LogP contribution in [-0.2, 0) is 12.8 Å². The molecule has 0 saturated carbocycles. The van der Waals surface area contributed by atoms with Crippen LogP contribution in [0, 0.1) is 20.2 Å². The lowest BCUT2D eigenvalue weighted by molar-refractivity contribution is -0.384. The van der Waals surface area contributed by atoms with E-state index >= 15 is 0 Å². The summed E-state index contributed by atoms with van der Waals surface area (Å²) >= 11 is 0. The molecular formula is C34H30N6O8. The fourth-order valence-electron chi connectivity index (χ4n) is 5.28. The summed E-state index contributed by atoms with van der Waals surface area (Å²) in [6.07, 6.45) is 5.23. The number of benzene rings is 4. The Labute approximate surface area is 272 Å². The number of non-ortho nitro benzene ring substituents is 1. The van der Waals surface area contributed by atoms with E-state index in [1.165, 1.54) is 24.3 Å². The van der Waals surface area contributed by atoms with Gasteiger partial charge in [-0.05, 0) is 54.3 Å². The van der Waals surface area contributed by atoms with Crippen molar-refractivity contribution in [1.82, 2.24) is 9.97 Å². The summed E-state index contributed by atoms with van der Waals surface area (Å²) in [5, 5.41) is 48.4. The molecule has 14 nitrogen and oxygen atoms in total. The van der Waals surface area contributed by atoms with Crippen molar-refractivity contribution >= 4 is 56.5 Å². The molecule has 0 spiro atoms. The molecule has 14 heteroatoms. The number of aromatic nitrogens is 2. The fourth-order valence-corrected chi connectivity index (χ4v) is 5.28. The molecular weight excluding hydrogens is 620 g/mol. The Balaban J connectivity index is 0.000000188. The van der Waals surface area contributed by atoms with Crippen LogP contribution in [0.3, 0.4) is 0 Å². The van der Waals surface area contributed by atoms with Gasteiger partial charge in [-0.25, -0.2) is 9.59 Å². The summed E-state index contributed by atoms with van der Waals surface area (Å²) in [6, 6.07) is 23.5. The zero-order chi connectivity index (χ0) is 34.2. The van der Waals surface area contributed by atoms with Gasteiger partial charge in [0.25, 0.3) is 11.4 Å². The predicted molar refractivity (Wildman–Crippen MR) is 181 cm³/mol. The molecule has 0 aliphatic rings. The second kappa shape index (κ2) is 14.6. The third kappa shape index (κ3) is 7.56. The maximum Gasteiger partial charge on any atom is 0.338 e. The minimum atomic E-state index is -1.20. The van der Waals surface area contributed by atoms with Crippen LogP contribution in [0.15, 0.2) is 97.3 Å². The number of carboxylic acids is 2. The Bertz CT molecular complexity index is 1990. The van der Waals surface area contributed by atoms with Gasteiger partial charge >= 0.3 is 11.9 Å². The molecule has 0 unspecified atom stereocenters.